The third kappa shape index (κ3) is 4.53. The van der Waals surface area contributed by atoms with Crippen molar-refractivity contribution in [1.29, 1.82) is 0 Å². The fraction of sp³-hybridized carbons (Fsp3) is 0.440. The maximum atomic E-state index is 13.1. The number of nitrogens with zero attached hydrogens (tertiary/aromatic N) is 3. The first-order valence-corrected chi connectivity index (χ1v) is 11.2. The summed E-state index contributed by atoms with van der Waals surface area (Å²) in [5.74, 6) is 2.31. The van der Waals surface area contributed by atoms with E-state index in [2.05, 4.69) is 48.1 Å². The number of nitrogens with one attached hydrogen (secondary N) is 1. The van der Waals surface area contributed by atoms with E-state index in [9.17, 15) is 4.79 Å². The van der Waals surface area contributed by atoms with E-state index in [1.807, 2.05) is 35.9 Å². The molecule has 0 saturated heterocycles. The number of aromatic nitrogens is 2. The van der Waals surface area contributed by atoms with E-state index in [4.69, 9.17) is 4.74 Å². The molecule has 164 valence electrons. The Bertz CT molecular complexity index is 1070. The van der Waals surface area contributed by atoms with Crippen LogP contribution >= 0.6 is 0 Å². The largest absolute Gasteiger partial charge is 0.491 e. The predicted molar refractivity (Wildman–Crippen MR) is 124 cm³/mol. The number of amides is 2. The number of ether oxygens (including phenoxy) is 1. The molecule has 0 radical (unpaired) electrons. The van der Waals surface area contributed by atoms with Gasteiger partial charge in [-0.25, -0.2) is 9.78 Å². The van der Waals surface area contributed by atoms with Gasteiger partial charge in [0.15, 0.2) is 0 Å². The highest BCUT2D eigenvalue weighted by Gasteiger charge is 2.24. The molecular weight excluding hydrogens is 388 g/mol. The Balaban J connectivity index is 1.56. The highest BCUT2D eigenvalue weighted by Crippen LogP contribution is 2.31. The summed E-state index contributed by atoms with van der Waals surface area (Å²) >= 11 is 0. The highest BCUT2D eigenvalue weighted by molar-refractivity contribution is 5.82. The van der Waals surface area contributed by atoms with Gasteiger partial charge in [0, 0.05) is 19.2 Å². The van der Waals surface area contributed by atoms with Gasteiger partial charge in [0.1, 0.15) is 18.2 Å². The van der Waals surface area contributed by atoms with Gasteiger partial charge in [-0.1, -0.05) is 38.8 Å². The van der Waals surface area contributed by atoms with E-state index in [0.717, 1.165) is 58.7 Å². The molecule has 0 fully saturated rings. The summed E-state index contributed by atoms with van der Waals surface area (Å²) in [7, 11) is 1.91. The predicted octanol–water partition coefficient (Wildman–Crippen LogP) is 5.22. The van der Waals surface area contributed by atoms with Gasteiger partial charge in [0.2, 0.25) is 0 Å². The zero-order valence-electron chi connectivity index (χ0n) is 18.9. The molecule has 1 aliphatic rings. The van der Waals surface area contributed by atoms with Crippen LogP contribution in [0.15, 0.2) is 36.4 Å². The van der Waals surface area contributed by atoms with Crippen LogP contribution in [-0.2, 0) is 6.54 Å². The second-order valence-electron chi connectivity index (χ2n) is 8.49. The smallest absolute Gasteiger partial charge is 0.320 e. The van der Waals surface area contributed by atoms with E-state index in [1.165, 1.54) is 0 Å². The minimum atomic E-state index is 0.0723. The van der Waals surface area contributed by atoms with Crippen molar-refractivity contribution in [2.45, 2.75) is 40.2 Å². The molecular formula is C25H32N4O2. The maximum Gasteiger partial charge on any atom is 0.320 e. The van der Waals surface area contributed by atoms with Gasteiger partial charge in [-0.3, -0.25) is 0 Å². The topological polar surface area (TPSA) is 61.5 Å². The summed E-state index contributed by atoms with van der Waals surface area (Å²) < 4.78 is 5.97. The van der Waals surface area contributed by atoms with Gasteiger partial charge in [-0.15, -0.1) is 0 Å². The first kappa shape index (κ1) is 21.2. The van der Waals surface area contributed by atoms with Crippen LogP contribution in [0.2, 0.25) is 0 Å². The second kappa shape index (κ2) is 9.00. The van der Waals surface area contributed by atoms with Crippen LogP contribution in [0.1, 0.15) is 38.1 Å². The number of hydrogen-bond donors (Lipinski definition) is 1. The molecule has 2 heterocycles. The molecule has 4 rings (SSSR count). The minimum Gasteiger partial charge on any atom is -0.491 e. The standard InChI is InChI=1S/C25H32N4O2/c1-5-18(6-2)15-28(4)25(30)29-11-12-31-24-10-8-19(13-21(24)16-29)20-7-9-22-23(14-20)27-17(3)26-22/h7-10,13-14,18H,5-6,11-12,15-16H2,1-4H3,(H,26,27). The van der Waals surface area contributed by atoms with Crippen molar-refractivity contribution in [1.82, 2.24) is 19.8 Å². The second-order valence-corrected chi connectivity index (χ2v) is 8.49. The monoisotopic (exact) mass is 420 g/mol. The number of aromatic amines is 1. The minimum absolute atomic E-state index is 0.0723. The van der Waals surface area contributed by atoms with Gasteiger partial charge >= 0.3 is 6.03 Å². The lowest BCUT2D eigenvalue weighted by Gasteiger charge is -2.29. The van der Waals surface area contributed by atoms with Gasteiger partial charge in [0.25, 0.3) is 0 Å². The van der Waals surface area contributed by atoms with Crippen LogP contribution in [0.25, 0.3) is 22.2 Å². The van der Waals surface area contributed by atoms with Gasteiger partial charge in [-0.05, 0) is 48.2 Å². The molecule has 0 saturated carbocycles. The molecule has 31 heavy (non-hydrogen) atoms. The van der Waals surface area contributed by atoms with Crippen LogP contribution in [-0.4, -0.2) is 52.5 Å². The van der Waals surface area contributed by atoms with Gasteiger partial charge in [-0.2, -0.15) is 0 Å². The summed E-state index contributed by atoms with van der Waals surface area (Å²) in [6.45, 7) is 8.79. The number of fused-ring (bicyclic) bond motifs is 2. The summed E-state index contributed by atoms with van der Waals surface area (Å²) in [5.41, 5.74) is 5.26. The number of aryl methyl sites for hydroxylation is 1. The Labute approximate surface area is 184 Å². The molecule has 0 unspecified atom stereocenters. The van der Waals surface area contributed by atoms with Crippen molar-refractivity contribution in [2.24, 2.45) is 5.92 Å². The third-order valence-electron chi connectivity index (χ3n) is 6.26. The fourth-order valence-corrected chi connectivity index (χ4v) is 4.31. The number of hydrogen-bond acceptors (Lipinski definition) is 3. The maximum absolute atomic E-state index is 13.1. The highest BCUT2D eigenvalue weighted by atomic mass is 16.5. The number of carbonyl (C=O) groups is 1. The lowest BCUT2D eigenvalue weighted by atomic mass is 10.0. The van der Waals surface area contributed by atoms with Crippen molar-refractivity contribution in [2.75, 3.05) is 26.7 Å². The Morgan fingerprint density at radius 1 is 1.19 bits per heavy atom. The summed E-state index contributed by atoms with van der Waals surface area (Å²) in [4.78, 5) is 24.7. The van der Waals surface area contributed by atoms with E-state index in [0.29, 0.717) is 25.6 Å². The van der Waals surface area contributed by atoms with E-state index < -0.39 is 0 Å². The van der Waals surface area contributed by atoms with Gasteiger partial charge < -0.3 is 19.5 Å². The number of rotatable bonds is 5. The van der Waals surface area contributed by atoms with Crippen LogP contribution in [0, 0.1) is 12.8 Å². The number of carbonyl (C=O) groups excluding carboxylic acids is 1. The molecule has 0 atom stereocenters. The third-order valence-corrected chi connectivity index (χ3v) is 6.26. The van der Waals surface area contributed by atoms with E-state index in [-0.39, 0.29) is 6.03 Å². The molecule has 6 heteroatoms. The first-order chi connectivity index (χ1) is 15.0. The van der Waals surface area contributed by atoms with E-state index >= 15 is 0 Å². The zero-order valence-corrected chi connectivity index (χ0v) is 18.9. The molecule has 1 aliphatic heterocycles. The summed E-state index contributed by atoms with van der Waals surface area (Å²) in [6.07, 6.45) is 2.17. The Morgan fingerprint density at radius 2 is 1.94 bits per heavy atom. The van der Waals surface area contributed by atoms with Crippen molar-refractivity contribution >= 4 is 17.1 Å². The summed E-state index contributed by atoms with van der Waals surface area (Å²) in [6, 6.07) is 12.6. The SMILES string of the molecule is CCC(CC)CN(C)C(=O)N1CCOc2ccc(-c3ccc4nc(C)[nH]c4c3)cc2C1. The van der Waals surface area contributed by atoms with Crippen molar-refractivity contribution in [3.05, 3.63) is 47.8 Å². The fourth-order valence-electron chi connectivity index (χ4n) is 4.31. The van der Waals surface area contributed by atoms with Crippen LogP contribution < -0.4 is 4.74 Å². The van der Waals surface area contributed by atoms with Crippen LogP contribution in [0.4, 0.5) is 4.79 Å². The molecule has 0 bridgehead atoms. The molecule has 1 N–H and O–H groups in total. The van der Waals surface area contributed by atoms with E-state index in [1.54, 1.807) is 0 Å². The lowest BCUT2D eigenvalue weighted by Crippen LogP contribution is -2.43. The number of imidazole rings is 1. The Hall–Kier alpha value is -3.02. The number of benzene rings is 2. The molecule has 0 spiro atoms. The van der Waals surface area contributed by atoms with Crippen LogP contribution in [0.3, 0.4) is 0 Å². The lowest BCUT2D eigenvalue weighted by molar-refractivity contribution is 0.147. The molecule has 3 aromatic rings. The normalized spacial score (nSPS) is 13.8. The summed E-state index contributed by atoms with van der Waals surface area (Å²) in [5, 5.41) is 0. The average molecular weight is 421 g/mol. The quantitative estimate of drug-likeness (QED) is 0.615. The number of urea groups is 1. The van der Waals surface area contributed by atoms with Crippen molar-refractivity contribution < 1.29 is 9.53 Å². The van der Waals surface area contributed by atoms with Crippen molar-refractivity contribution in [3.63, 3.8) is 0 Å². The van der Waals surface area contributed by atoms with Gasteiger partial charge in [0.05, 0.1) is 24.1 Å². The first-order valence-electron chi connectivity index (χ1n) is 11.2. The van der Waals surface area contributed by atoms with Crippen LogP contribution in [0.5, 0.6) is 5.75 Å². The Kier molecular flexibility index (Phi) is 6.16. The average Bonchev–Trinajstić information content (AvgIpc) is 3.02. The molecule has 2 amide bonds. The Morgan fingerprint density at radius 3 is 2.71 bits per heavy atom. The molecule has 1 aromatic heterocycles. The van der Waals surface area contributed by atoms with Crippen molar-refractivity contribution in [3.8, 4) is 16.9 Å². The molecule has 2 aromatic carbocycles. The molecule has 6 nitrogen and oxygen atoms in total. The molecule has 0 aliphatic carbocycles. The number of H-pyrrole nitrogens is 1. The zero-order chi connectivity index (χ0) is 22.0.